The monoisotopic (exact) mass is 496 g/mol. The first-order chi connectivity index (χ1) is 16.4. The summed E-state index contributed by atoms with van der Waals surface area (Å²) in [6, 6.07) is 16.7. The highest BCUT2D eigenvalue weighted by Gasteiger charge is 2.33. The zero-order valence-corrected chi connectivity index (χ0v) is 19.6. The number of fused-ring (bicyclic) bond motifs is 1. The number of esters is 1. The number of nitrogens with zero attached hydrogens (tertiary/aromatic N) is 1. The molecule has 1 atom stereocenters. The number of carbonyl (C=O) groups excluding carboxylic acids is 1. The maximum atomic E-state index is 12.6. The van der Waals surface area contributed by atoms with E-state index in [1.807, 2.05) is 0 Å². The lowest BCUT2D eigenvalue weighted by atomic mass is 9.83. The van der Waals surface area contributed by atoms with Crippen LogP contribution >= 0.6 is 23.2 Å². The summed E-state index contributed by atoms with van der Waals surface area (Å²) in [5.41, 5.74) is 7.83. The lowest BCUT2D eigenvalue weighted by Gasteiger charge is -2.27. The van der Waals surface area contributed by atoms with Gasteiger partial charge < -0.3 is 24.7 Å². The minimum absolute atomic E-state index is 0.0536. The van der Waals surface area contributed by atoms with E-state index in [0.29, 0.717) is 33.4 Å². The van der Waals surface area contributed by atoms with Crippen molar-refractivity contribution in [1.82, 2.24) is 0 Å². The lowest BCUT2D eigenvalue weighted by Crippen LogP contribution is -2.21. The Morgan fingerprint density at radius 1 is 1.00 bits per heavy atom. The Kier molecular flexibility index (Phi) is 6.55. The number of methoxy groups -OCH3 is 2. The van der Waals surface area contributed by atoms with E-state index in [1.165, 1.54) is 25.3 Å². The predicted octanol–water partition coefficient (Wildman–Crippen LogP) is 5.45. The van der Waals surface area contributed by atoms with E-state index < -0.39 is 11.9 Å². The van der Waals surface area contributed by atoms with Crippen molar-refractivity contribution in [2.45, 2.75) is 5.92 Å². The highest BCUT2D eigenvalue weighted by Crippen LogP contribution is 2.46. The first-order valence-electron chi connectivity index (χ1n) is 9.97. The van der Waals surface area contributed by atoms with E-state index in [1.54, 1.807) is 43.5 Å². The van der Waals surface area contributed by atoms with Crippen molar-refractivity contribution in [2.24, 2.45) is 5.73 Å². The second-order valence-corrected chi connectivity index (χ2v) is 8.09. The number of hydrogen-bond acceptors (Lipinski definition) is 7. The van der Waals surface area contributed by atoms with Crippen LogP contribution in [-0.2, 0) is 0 Å². The van der Waals surface area contributed by atoms with Gasteiger partial charge in [0, 0.05) is 28.3 Å². The number of benzene rings is 3. The van der Waals surface area contributed by atoms with Crippen LogP contribution < -0.4 is 24.7 Å². The van der Waals surface area contributed by atoms with Gasteiger partial charge in [0.15, 0.2) is 0 Å². The van der Waals surface area contributed by atoms with Crippen LogP contribution in [0, 0.1) is 11.3 Å². The molecule has 0 fully saturated rings. The standard InChI is InChI=1S/C25H18Cl2N2O5/c1-31-14-4-7-17(21(10-14)32-2)23-18-8-5-15(11-22(18)34-24(29)19(23)12-28)33-25(30)16-6-3-13(26)9-20(16)27/h3-11,23H,29H2,1-2H3. The summed E-state index contributed by atoms with van der Waals surface area (Å²) in [6.07, 6.45) is 0. The van der Waals surface area contributed by atoms with Crippen molar-refractivity contribution in [3.05, 3.63) is 92.8 Å². The van der Waals surface area contributed by atoms with Gasteiger partial charge >= 0.3 is 5.97 Å². The van der Waals surface area contributed by atoms with Crippen LogP contribution in [0.2, 0.25) is 10.0 Å². The number of nitrogens with two attached hydrogens (primary N) is 1. The van der Waals surface area contributed by atoms with E-state index in [9.17, 15) is 10.1 Å². The third kappa shape index (κ3) is 4.34. The first-order valence-corrected chi connectivity index (χ1v) is 10.7. The van der Waals surface area contributed by atoms with Gasteiger partial charge in [-0.25, -0.2) is 4.79 Å². The predicted molar refractivity (Wildman–Crippen MR) is 127 cm³/mol. The summed E-state index contributed by atoms with van der Waals surface area (Å²) < 4.78 is 22.0. The summed E-state index contributed by atoms with van der Waals surface area (Å²) in [6.45, 7) is 0. The average Bonchev–Trinajstić information content (AvgIpc) is 2.82. The number of halogens is 2. The SMILES string of the molecule is COc1ccc(C2C(C#N)=C(N)Oc3cc(OC(=O)c4ccc(Cl)cc4Cl)ccc32)c(OC)c1. The molecule has 172 valence electrons. The van der Waals surface area contributed by atoms with Gasteiger partial charge in [-0.05, 0) is 30.3 Å². The topological polar surface area (TPSA) is 104 Å². The molecule has 1 unspecified atom stereocenters. The highest BCUT2D eigenvalue weighted by atomic mass is 35.5. The number of allylic oxidation sites excluding steroid dienone is 1. The van der Waals surface area contributed by atoms with Crippen LogP contribution in [0.25, 0.3) is 0 Å². The quantitative estimate of drug-likeness (QED) is 0.369. The fourth-order valence-electron chi connectivity index (χ4n) is 3.69. The van der Waals surface area contributed by atoms with Gasteiger partial charge in [0.05, 0.1) is 30.7 Å². The molecule has 3 aromatic rings. The summed E-state index contributed by atoms with van der Waals surface area (Å²) >= 11 is 12.0. The minimum Gasteiger partial charge on any atom is -0.497 e. The second-order valence-electron chi connectivity index (χ2n) is 7.25. The van der Waals surface area contributed by atoms with Crippen molar-refractivity contribution >= 4 is 29.2 Å². The molecule has 2 N–H and O–H groups in total. The molecule has 0 bridgehead atoms. The number of hydrogen-bond donors (Lipinski definition) is 1. The molecule has 3 aromatic carbocycles. The largest absolute Gasteiger partial charge is 0.497 e. The van der Waals surface area contributed by atoms with Crippen molar-refractivity contribution < 1.29 is 23.7 Å². The molecule has 4 rings (SSSR count). The maximum absolute atomic E-state index is 12.6. The molecule has 0 aliphatic carbocycles. The molecule has 0 aromatic heterocycles. The van der Waals surface area contributed by atoms with Gasteiger partial charge in [0.2, 0.25) is 5.88 Å². The lowest BCUT2D eigenvalue weighted by molar-refractivity contribution is 0.0734. The smallest absolute Gasteiger partial charge is 0.345 e. The van der Waals surface area contributed by atoms with E-state index in [-0.39, 0.29) is 27.8 Å². The van der Waals surface area contributed by atoms with Gasteiger partial charge in [-0.2, -0.15) is 5.26 Å². The van der Waals surface area contributed by atoms with Crippen LogP contribution in [0.1, 0.15) is 27.4 Å². The van der Waals surface area contributed by atoms with E-state index in [0.717, 1.165) is 0 Å². The van der Waals surface area contributed by atoms with Gasteiger partial charge in [0.1, 0.15) is 34.6 Å². The normalized spacial score (nSPS) is 14.5. The van der Waals surface area contributed by atoms with E-state index in [2.05, 4.69) is 6.07 Å². The first kappa shape index (κ1) is 23.3. The van der Waals surface area contributed by atoms with E-state index in [4.69, 9.17) is 47.9 Å². The average molecular weight is 497 g/mol. The number of nitriles is 1. The summed E-state index contributed by atoms with van der Waals surface area (Å²) in [7, 11) is 3.08. The van der Waals surface area contributed by atoms with E-state index >= 15 is 0 Å². The van der Waals surface area contributed by atoms with Gasteiger partial charge in [-0.1, -0.05) is 35.3 Å². The molecule has 0 saturated heterocycles. The third-order valence-corrected chi connectivity index (χ3v) is 5.85. The summed E-state index contributed by atoms with van der Waals surface area (Å²) in [5.74, 6) is 0.395. The Hall–Kier alpha value is -3.86. The van der Waals surface area contributed by atoms with Gasteiger partial charge in [-0.15, -0.1) is 0 Å². The van der Waals surface area contributed by atoms with Crippen LogP contribution in [0.3, 0.4) is 0 Å². The Labute approximate surface area is 205 Å². The molecule has 9 heteroatoms. The summed E-state index contributed by atoms with van der Waals surface area (Å²) in [4.78, 5) is 12.6. The van der Waals surface area contributed by atoms with Crippen LogP contribution in [0.15, 0.2) is 66.1 Å². The van der Waals surface area contributed by atoms with Crippen molar-refractivity contribution in [3.63, 3.8) is 0 Å². The fraction of sp³-hybridized carbons (Fsp3) is 0.120. The van der Waals surface area contributed by atoms with Crippen molar-refractivity contribution in [2.75, 3.05) is 14.2 Å². The van der Waals surface area contributed by atoms with Crippen LogP contribution in [0.4, 0.5) is 0 Å². The van der Waals surface area contributed by atoms with Gasteiger partial charge in [-0.3, -0.25) is 0 Å². The molecule has 34 heavy (non-hydrogen) atoms. The molecule has 1 aliphatic rings. The van der Waals surface area contributed by atoms with Crippen LogP contribution in [0.5, 0.6) is 23.0 Å². The molecule has 0 saturated carbocycles. The van der Waals surface area contributed by atoms with Gasteiger partial charge in [0.25, 0.3) is 0 Å². The molecule has 1 heterocycles. The molecule has 0 radical (unpaired) electrons. The fourth-order valence-corrected chi connectivity index (χ4v) is 4.18. The van der Waals surface area contributed by atoms with Crippen LogP contribution in [-0.4, -0.2) is 20.2 Å². The molecular weight excluding hydrogens is 479 g/mol. The second kappa shape index (κ2) is 9.56. The Balaban J connectivity index is 1.73. The molecule has 0 spiro atoms. The summed E-state index contributed by atoms with van der Waals surface area (Å²) in [5, 5.41) is 10.4. The highest BCUT2D eigenvalue weighted by molar-refractivity contribution is 6.36. The molecule has 0 amide bonds. The molecule has 7 nitrogen and oxygen atoms in total. The van der Waals surface area contributed by atoms with Crippen molar-refractivity contribution in [1.29, 1.82) is 5.26 Å². The number of carbonyl (C=O) groups is 1. The Morgan fingerprint density at radius 3 is 2.41 bits per heavy atom. The van der Waals surface area contributed by atoms with Crippen molar-refractivity contribution in [3.8, 4) is 29.1 Å². The molecular formula is C25H18Cl2N2O5. The minimum atomic E-state index is -0.660. The molecule has 1 aliphatic heterocycles. The number of ether oxygens (including phenoxy) is 4. The Morgan fingerprint density at radius 2 is 1.74 bits per heavy atom. The maximum Gasteiger partial charge on any atom is 0.345 e. The zero-order valence-electron chi connectivity index (χ0n) is 18.1. The Bertz CT molecular complexity index is 1360. The zero-order chi connectivity index (χ0) is 24.4. The third-order valence-electron chi connectivity index (χ3n) is 5.30. The number of rotatable bonds is 5.